The molecule has 2 bridgehead atoms. The number of carbonyl (C=O) groups is 1. The van der Waals surface area contributed by atoms with Gasteiger partial charge in [-0.1, -0.05) is 0 Å². The normalized spacial score (nSPS) is 20.7. The molecule has 1 aliphatic carbocycles. The van der Waals surface area contributed by atoms with Crippen LogP contribution in [0, 0.1) is 5.82 Å². The number of hydrogen-bond donors (Lipinski definition) is 2. The van der Waals surface area contributed by atoms with E-state index in [0.717, 1.165) is 29.6 Å². The van der Waals surface area contributed by atoms with Gasteiger partial charge < -0.3 is 15.4 Å². The molecule has 1 saturated carbocycles. The maximum atomic E-state index is 14.0. The van der Waals surface area contributed by atoms with Gasteiger partial charge in [-0.2, -0.15) is 5.10 Å². The summed E-state index contributed by atoms with van der Waals surface area (Å²) in [5.74, 6) is 0.161. The molecule has 138 valence electrons. The molecular formula is C20H19FN4O2. The van der Waals surface area contributed by atoms with E-state index < -0.39 is 0 Å². The lowest BCUT2D eigenvalue weighted by Gasteiger charge is -2.23. The van der Waals surface area contributed by atoms with E-state index in [1.54, 1.807) is 22.8 Å². The molecular weight excluding hydrogens is 347 g/mol. The number of rotatable bonds is 0. The molecule has 3 aromatic rings. The largest absolute Gasteiger partial charge is 0.491 e. The molecule has 1 aromatic carbocycles. The molecule has 2 aromatic heterocycles. The van der Waals surface area contributed by atoms with Crippen molar-refractivity contribution in [3.05, 3.63) is 59.7 Å². The Morgan fingerprint density at radius 3 is 2.96 bits per heavy atom. The first-order chi connectivity index (χ1) is 13.0. The summed E-state index contributed by atoms with van der Waals surface area (Å²) < 4.78 is 21.6. The number of carbonyl (C=O) groups excluding carboxylic acids is 1. The van der Waals surface area contributed by atoms with Gasteiger partial charge in [0.15, 0.2) is 0 Å². The van der Waals surface area contributed by atoms with Crippen LogP contribution < -0.4 is 15.4 Å². The van der Waals surface area contributed by atoms with Gasteiger partial charge in [0, 0.05) is 17.4 Å². The number of amides is 1. The Morgan fingerprint density at radius 2 is 2.15 bits per heavy atom. The zero-order valence-corrected chi connectivity index (χ0v) is 14.8. The number of ether oxygens (including phenoxy) is 1. The number of aromatic nitrogens is 2. The van der Waals surface area contributed by atoms with Crippen LogP contribution in [0.3, 0.4) is 0 Å². The third-order valence-electron chi connectivity index (χ3n) is 5.22. The Kier molecular flexibility index (Phi) is 3.40. The molecule has 0 radical (unpaired) electrons. The highest BCUT2D eigenvalue weighted by Gasteiger charge is 2.46. The van der Waals surface area contributed by atoms with E-state index in [1.165, 1.54) is 6.07 Å². The standard InChI is InChI=1S/C20H19FN4O2/c1-12-11-27-18-3-2-13(21)8-16(18)20(5-6-20)24-14-4-7-25-17(9-14)15(10-22-25)19(26)23-12/h2-4,7-10,12,24H,5-6,11H2,1H3,(H,23,26)/t12-/m1/s1. The van der Waals surface area contributed by atoms with Crippen molar-refractivity contribution in [1.29, 1.82) is 0 Å². The van der Waals surface area contributed by atoms with Crippen molar-refractivity contribution in [3.63, 3.8) is 0 Å². The monoisotopic (exact) mass is 366 g/mol. The maximum absolute atomic E-state index is 14.0. The van der Waals surface area contributed by atoms with E-state index >= 15 is 0 Å². The molecule has 1 aliphatic heterocycles. The van der Waals surface area contributed by atoms with Gasteiger partial charge in [0.25, 0.3) is 5.91 Å². The second-order valence-corrected chi connectivity index (χ2v) is 7.34. The third kappa shape index (κ3) is 2.70. The summed E-state index contributed by atoms with van der Waals surface area (Å²) in [7, 11) is 0. The van der Waals surface area contributed by atoms with Gasteiger partial charge in [-0.25, -0.2) is 8.91 Å². The van der Waals surface area contributed by atoms with Gasteiger partial charge in [-0.15, -0.1) is 0 Å². The Bertz CT molecular complexity index is 1060. The van der Waals surface area contributed by atoms with E-state index in [2.05, 4.69) is 15.7 Å². The fourth-order valence-corrected chi connectivity index (χ4v) is 3.66. The minimum atomic E-state index is -0.356. The van der Waals surface area contributed by atoms with Crippen molar-refractivity contribution in [2.75, 3.05) is 11.9 Å². The minimum Gasteiger partial charge on any atom is -0.491 e. The van der Waals surface area contributed by atoms with Crippen LogP contribution in [0.5, 0.6) is 5.75 Å². The van der Waals surface area contributed by atoms with Gasteiger partial charge in [0.1, 0.15) is 18.2 Å². The second kappa shape index (κ2) is 5.70. The highest BCUT2D eigenvalue weighted by Crippen LogP contribution is 2.51. The van der Waals surface area contributed by atoms with Crippen molar-refractivity contribution >= 4 is 17.1 Å². The van der Waals surface area contributed by atoms with Crippen molar-refractivity contribution in [2.24, 2.45) is 0 Å². The Hall–Kier alpha value is -3.09. The summed E-state index contributed by atoms with van der Waals surface area (Å²) in [6, 6.07) is 8.21. The Balaban J connectivity index is 1.66. The number of nitrogens with zero attached hydrogens (tertiary/aromatic N) is 2. The number of halogens is 1. The van der Waals surface area contributed by atoms with E-state index in [0.29, 0.717) is 17.9 Å². The predicted molar refractivity (Wildman–Crippen MR) is 98.5 cm³/mol. The summed E-state index contributed by atoms with van der Waals surface area (Å²) in [6.45, 7) is 2.17. The third-order valence-corrected chi connectivity index (χ3v) is 5.22. The topological polar surface area (TPSA) is 67.7 Å². The smallest absolute Gasteiger partial charge is 0.255 e. The molecule has 1 spiro atoms. The fraction of sp³-hybridized carbons (Fsp3) is 0.300. The van der Waals surface area contributed by atoms with Crippen molar-refractivity contribution in [2.45, 2.75) is 31.3 Å². The first-order valence-electron chi connectivity index (χ1n) is 9.03. The van der Waals surface area contributed by atoms with Gasteiger partial charge >= 0.3 is 0 Å². The molecule has 1 fully saturated rings. The zero-order valence-electron chi connectivity index (χ0n) is 14.8. The van der Waals surface area contributed by atoms with Crippen molar-refractivity contribution in [1.82, 2.24) is 14.9 Å². The van der Waals surface area contributed by atoms with Crippen LogP contribution >= 0.6 is 0 Å². The van der Waals surface area contributed by atoms with Crippen LogP contribution in [0.25, 0.3) is 5.52 Å². The highest BCUT2D eigenvalue weighted by atomic mass is 19.1. The summed E-state index contributed by atoms with van der Waals surface area (Å²) in [5.41, 5.74) is 2.55. The minimum absolute atomic E-state index is 0.196. The van der Waals surface area contributed by atoms with Gasteiger partial charge in [-0.3, -0.25) is 4.79 Å². The number of anilines is 1. The summed E-state index contributed by atoms with van der Waals surface area (Å²) in [6.07, 6.45) is 5.16. The molecule has 1 amide bonds. The maximum Gasteiger partial charge on any atom is 0.255 e. The molecule has 7 heteroatoms. The number of nitrogens with one attached hydrogen (secondary N) is 2. The summed E-state index contributed by atoms with van der Waals surface area (Å²) in [4.78, 5) is 12.6. The van der Waals surface area contributed by atoms with Crippen LogP contribution in [0.4, 0.5) is 10.1 Å². The van der Waals surface area contributed by atoms with E-state index in [-0.39, 0.29) is 23.3 Å². The first kappa shape index (κ1) is 16.1. The molecule has 6 nitrogen and oxygen atoms in total. The van der Waals surface area contributed by atoms with E-state index in [4.69, 9.17) is 4.74 Å². The summed E-state index contributed by atoms with van der Waals surface area (Å²) >= 11 is 0. The lowest BCUT2D eigenvalue weighted by atomic mass is 10.0. The van der Waals surface area contributed by atoms with Crippen molar-refractivity contribution in [3.8, 4) is 5.75 Å². The van der Waals surface area contributed by atoms with E-state index in [1.807, 2.05) is 25.3 Å². The van der Waals surface area contributed by atoms with Crippen LogP contribution in [-0.4, -0.2) is 28.2 Å². The SMILES string of the molecule is C[C@@H]1COc2ccc(F)cc2C2(CC2)Nc2ccn3ncc(c3c2)C(=O)N1. The average Bonchev–Trinajstić information content (AvgIpc) is 3.29. The zero-order chi connectivity index (χ0) is 18.6. The molecule has 1 atom stereocenters. The molecule has 0 unspecified atom stereocenters. The van der Waals surface area contributed by atoms with Crippen LogP contribution in [0.15, 0.2) is 42.7 Å². The molecule has 27 heavy (non-hydrogen) atoms. The first-order valence-corrected chi connectivity index (χ1v) is 9.03. The van der Waals surface area contributed by atoms with Gasteiger partial charge in [0.05, 0.1) is 28.9 Å². The Morgan fingerprint density at radius 1 is 1.30 bits per heavy atom. The van der Waals surface area contributed by atoms with Crippen LogP contribution in [0.1, 0.15) is 35.7 Å². The Labute approximate surface area is 155 Å². The number of pyridine rings is 1. The number of benzene rings is 1. The molecule has 2 aliphatic rings. The van der Waals surface area contributed by atoms with Gasteiger partial charge in [0.2, 0.25) is 0 Å². The molecule has 0 saturated heterocycles. The molecule has 3 heterocycles. The van der Waals surface area contributed by atoms with Gasteiger partial charge in [-0.05, 0) is 50.1 Å². The second-order valence-electron chi connectivity index (χ2n) is 7.34. The van der Waals surface area contributed by atoms with E-state index in [9.17, 15) is 9.18 Å². The molecule has 5 rings (SSSR count). The summed E-state index contributed by atoms with van der Waals surface area (Å²) in [5, 5.41) is 10.7. The van der Waals surface area contributed by atoms with Crippen LogP contribution in [-0.2, 0) is 5.54 Å². The quantitative estimate of drug-likeness (QED) is 0.642. The number of hydrogen-bond acceptors (Lipinski definition) is 4. The predicted octanol–water partition coefficient (Wildman–Crippen LogP) is 3.09. The molecule has 2 N–H and O–H groups in total. The highest BCUT2D eigenvalue weighted by molar-refractivity contribution is 6.01. The average molecular weight is 366 g/mol. The number of fused-ring (bicyclic) bond motifs is 3. The fourth-order valence-electron chi connectivity index (χ4n) is 3.66. The lowest BCUT2D eigenvalue weighted by Crippen LogP contribution is -2.36. The van der Waals surface area contributed by atoms with Crippen LogP contribution in [0.2, 0.25) is 0 Å². The van der Waals surface area contributed by atoms with Crippen molar-refractivity contribution < 1.29 is 13.9 Å². The lowest BCUT2D eigenvalue weighted by molar-refractivity contribution is 0.0928.